The lowest BCUT2D eigenvalue weighted by Gasteiger charge is -1.99. The molecule has 7 heavy (non-hydrogen) atoms. The summed E-state index contributed by atoms with van der Waals surface area (Å²) in [6.07, 6.45) is 3.13. The van der Waals surface area contributed by atoms with E-state index < -0.39 is 0 Å². The first-order valence-corrected chi connectivity index (χ1v) is 3.18. The van der Waals surface area contributed by atoms with E-state index in [1.807, 2.05) is 0 Å². The molecule has 0 fully saturated rings. The van der Waals surface area contributed by atoms with Crippen molar-refractivity contribution < 1.29 is 0 Å². The van der Waals surface area contributed by atoms with Crippen LogP contribution in [0.2, 0.25) is 0 Å². The second kappa shape index (κ2) is 4.45. The average Bonchev–Trinajstić information content (AvgIpc) is 1.68. The van der Waals surface area contributed by atoms with Crippen LogP contribution in [-0.4, -0.2) is 5.38 Å². The van der Waals surface area contributed by atoms with Crippen LogP contribution in [0.15, 0.2) is 0 Å². The SMILES string of the molecule is [CH2]CC(Cl)CCC. The van der Waals surface area contributed by atoms with Crippen LogP contribution >= 0.6 is 11.6 Å². The monoisotopic (exact) mass is 119 g/mol. The van der Waals surface area contributed by atoms with Crippen LogP contribution in [0.25, 0.3) is 0 Å². The third-order valence-corrected chi connectivity index (χ3v) is 1.35. The first-order valence-electron chi connectivity index (χ1n) is 2.74. The standard InChI is InChI=1S/C6H12Cl/c1-3-5-6(7)4-2/h6H,2-5H2,1H3. The van der Waals surface area contributed by atoms with Gasteiger partial charge in [0.25, 0.3) is 0 Å². The highest BCUT2D eigenvalue weighted by molar-refractivity contribution is 6.20. The van der Waals surface area contributed by atoms with Crippen molar-refractivity contribution >= 4 is 11.6 Å². The summed E-state index contributed by atoms with van der Waals surface area (Å²) in [6.45, 7) is 5.80. The predicted molar refractivity (Wildman–Crippen MR) is 34.5 cm³/mol. The van der Waals surface area contributed by atoms with Crippen molar-refractivity contribution in [2.45, 2.75) is 31.6 Å². The van der Waals surface area contributed by atoms with Crippen molar-refractivity contribution in [2.24, 2.45) is 0 Å². The summed E-state index contributed by atoms with van der Waals surface area (Å²) in [6, 6.07) is 0. The molecule has 0 saturated carbocycles. The van der Waals surface area contributed by atoms with E-state index in [1.54, 1.807) is 0 Å². The van der Waals surface area contributed by atoms with Crippen molar-refractivity contribution in [1.29, 1.82) is 0 Å². The largest absolute Gasteiger partial charge is 0.123 e. The second-order valence-corrected chi connectivity index (χ2v) is 2.29. The first kappa shape index (κ1) is 7.29. The third kappa shape index (κ3) is 4.14. The van der Waals surface area contributed by atoms with E-state index in [2.05, 4.69) is 13.8 Å². The van der Waals surface area contributed by atoms with E-state index in [0.29, 0.717) is 5.38 Å². The molecule has 1 atom stereocenters. The van der Waals surface area contributed by atoms with Gasteiger partial charge in [0.2, 0.25) is 0 Å². The fraction of sp³-hybridized carbons (Fsp3) is 0.833. The molecule has 0 N–H and O–H groups in total. The Kier molecular flexibility index (Phi) is 4.63. The quantitative estimate of drug-likeness (QED) is 0.501. The van der Waals surface area contributed by atoms with Gasteiger partial charge in [-0.05, 0) is 12.8 Å². The Hall–Kier alpha value is 0.290. The maximum Gasteiger partial charge on any atom is 0.0336 e. The van der Waals surface area contributed by atoms with Crippen LogP contribution in [0, 0.1) is 6.92 Å². The molecule has 0 bridgehead atoms. The van der Waals surface area contributed by atoms with Gasteiger partial charge in [-0.3, -0.25) is 0 Å². The zero-order valence-corrected chi connectivity index (χ0v) is 5.54. The molecule has 1 heteroatoms. The minimum atomic E-state index is 0.310. The van der Waals surface area contributed by atoms with Gasteiger partial charge >= 0.3 is 0 Å². The Bertz CT molecular complexity index is 35.2. The van der Waals surface area contributed by atoms with Gasteiger partial charge in [0.1, 0.15) is 0 Å². The smallest absolute Gasteiger partial charge is 0.0336 e. The molecule has 0 aliphatic heterocycles. The van der Waals surface area contributed by atoms with Crippen molar-refractivity contribution in [2.75, 3.05) is 0 Å². The molecule has 0 amide bonds. The molecular weight excluding hydrogens is 108 g/mol. The normalized spacial score (nSPS) is 14.1. The Morgan fingerprint density at radius 1 is 1.71 bits per heavy atom. The summed E-state index contributed by atoms with van der Waals surface area (Å²) >= 11 is 5.70. The van der Waals surface area contributed by atoms with Crippen LogP contribution in [-0.2, 0) is 0 Å². The molecule has 0 heterocycles. The molecule has 0 aromatic carbocycles. The van der Waals surface area contributed by atoms with Crippen molar-refractivity contribution in [3.8, 4) is 0 Å². The van der Waals surface area contributed by atoms with Crippen molar-refractivity contribution in [1.82, 2.24) is 0 Å². The number of hydrogen-bond acceptors (Lipinski definition) is 0. The highest BCUT2D eigenvalue weighted by Crippen LogP contribution is 2.07. The topological polar surface area (TPSA) is 0 Å². The number of halogens is 1. The van der Waals surface area contributed by atoms with Crippen molar-refractivity contribution in [3.05, 3.63) is 6.92 Å². The van der Waals surface area contributed by atoms with Gasteiger partial charge in [-0.15, -0.1) is 11.6 Å². The summed E-state index contributed by atoms with van der Waals surface area (Å²) in [5.41, 5.74) is 0. The van der Waals surface area contributed by atoms with E-state index in [-0.39, 0.29) is 0 Å². The average molecular weight is 120 g/mol. The van der Waals surface area contributed by atoms with Gasteiger partial charge in [-0.25, -0.2) is 0 Å². The predicted octanol–water partition coefficient (Wildman–Crippen LogP) is 2.62. The molecular formula is C6H12Cl. The molecule has 0 saturated heterocycles. The highest BCUT2D eigenvalue weighted by Gasteiger charge is 1.95. The Labute approximate surface area is 50.9 Å². The minimum Gasteiger partial charge on any atom is -0.123 e. The molecule has 0 aromatic heterocycles. The molecule has 0 aliphatic rings. The lowest BCUT2D eigenvalue weighted by molar-refractivity contribution is 0.736. The van der Waals surface area contributed by atoms with Crippen LogP contribution in [0.4, 0.5) is 0 Å². The molecule has 1 radical (unpaired) electrons. The molecule has 0 rings (SSSR count). The fourth-order valence-electron chi connectivity index (χ4n) is 0.458. The summed E-state index contributed by atoms with van der Waals surface area (Å²) < 4.78 is 0. The zero-order chi connectivity index (χ0) is 5.70. The van der Waals surface area contributed by atoms with E-state index in [9.17, 15) is 0 Å². The molecule has 0 nitrogen and oxygen atoms in total. The van der Waals surface area contributed by atoms with E-state index in [4.69, 9.17) is 11.6 Å². The lowest BCUT2D eigenvalue weighted by Crippen LogP contribution is -1.92. The van der Waals surface area contributed by atoms with Gasteiger partial charge in [0, 0.05) is 5.38 Å². The van der Waals surface area contributed by atoms with Crippen LogP contribution in [0.1, 0.15) is 26.2 Å². The summed E-state index contributed by atoms with van der Waals surface area (Å²) in [5.74, 6) is 0. The van der Waals surface area contributed by atoms with E-state index >= 15 is 0 Å². The van der Waals surface area contributed by atoms with Gasteiger partial charge in [-0.2, -0.15) is 0 Å². The Morgan fingerprint density at radius 2 is 2.29 bits per heavy atom. The second-order valence-electron chi connectivity index (χ2n) is 1.67. The maximum atomic E-state index is 5.70. The highest BCUT2D eigenvalue weighted by atomic mass is 35.5. The lowest BCUT2D eigenvalue weighted by atomic mass is 10.2. The number of rotatable bonds is 3. The maximum absolute atomic E-state index is 5.70. The van der Waals surface area contributed by atoms with Crippen LogP contribution in [0.5, 0.6) is 0 Å². The summed E-state index contributed by atoms with van der Waals surface area (Å²) in [5, 5.41) is 0.310. The van der Waals surface area contributed by atoms with Crippen molar-refractivity contribution in [3.63, 3.8) is 0 Å². The number of alkyl halides is 1. The van der Waals surface area contributed by atoms with Gasteiger partial charge in [0.05, 0.1) is 0 Å². The van der Waals surface area contributed by atoms with Gasteiger partial charge < -0.3 is 0 Å². The zero-order valence-electron chi connectivity index (χ0n) is 4.78. The molecule has 0 spiro atoms. The molecule has 1 unspecified atom stereocenters. The fourth-order valence-corrected chi connectivity index (χ4v) is 0.676. The van der Waals surface area contributed by atoms with Crippen LogP contribution in [0.3, 0.4) is 0 Å². The van der Waals surface area contributed by atoms with Gasteiger partial charge in [-0.1, -0.05) is 20.3 Å². The van der Waals surface area contributed by atoms with E-state index in [0.717, 1.165) is 12.8 Å². The molecule has 43 valence electrons. The number of hydrogen-bond donors (Lipinski definition) is 0. The molecule has 0 aliphatic carbocycles. The van der Waals surface area contributed by atoms with Gasteiger partial charge in [0.15, 0.2) is 0 Å². The minimum absolute atomic E-state index is 0.310. The third-order valence-electron chi connectivity index (χ3n) is 0.915. The Morgan fingerprint density at radius 3 is 2.43 bits per heavy atom. The van der Waals surface area contributed by atoms with Crippen LogP contribution < -0.4 is 0 Å². The summed E-state index contributed by atoms with van der Waals surface area (Å²) in [4.78, 5) is 0. The summed E-state index contributed by atoms with van der Waals surface area (Å²) in [7, 11) is 0. The Balaban J connectivity index is 2.83. The van der Waals surface area contributed by atoms with E-state index in [1.165, 1.54) is 6.42 Å². The first-order chi connectivity index (χ1) is 3.31. The molecule has 0 aromatic rings.